The summed E-state index contributed by atoms with van der Waals surface area (Å²) < 4.78 is 39.5. The highest BCUT2D eigenvalue weighted by Gasteiger charge is 2.24. The molecule has 30 heavy (non-hydrogen) atoms. The van der Waals surface area contributed by atoms with Crippen molar-refractivity contribution >= 4 is 33.4 Å². The Morgan fingerprint density at radius 2 is 1.90 bits per heavy atom. The molecular formula is C21H26N2O5S2. The SMILES string of the molecule is CSc1ccc(S(=O)(=O)Nc2cccc(OC(C)C)c2)cc1C(=O)N1CCOCC1. The summed E-state index contributed by atoms with van der Waals surface area (Å²) in [6.45, 7) is 5.74. The van der Waals surface area contributed by atoms with Crippen LogP contribution in [0, 0.1) is 0 Å². The number of sulfonamides is 1. The molecule has 0 radical (unpaired) electrons. The Morgan fingerprint density at radius 1 is 1.17 bits per heavy atom. The van der Waals surface area contributed by atoms with Gasteiger partial charge in [-0.3, -0.25) is 9.52 Å². The minimum absolute atomic E-state index is 0.0234. The third-order valence-electron chi connectivity index (χ3n) is 4.47. The standard InChI is InChI=1S/C21H26N2O5S2/c1-15(2)28-17-6-4-5-16(13-17)22-30(25,26)18-7-8-20(29-3)19(14-18)21(24)23-9-11-27-12-10-23/h4-8,13-15,22H,9-12H2,1-3H3. The number of hydrogen-bond donors (Lipinski definition) is 1. The van der Waals surface area contributed by atoms with Crippen LogP contribution in [0.5, 0.6) is 5.75 Å². The monoisotopic (exact) mass is 450 g/mol. The van der Waals surface area contributed by atoms with Crippen LogP contribution in [0.2, 0.25) is 0 Å². The summed E-state index contributed by atoms with van der Waals surface area (Å²) in [7, 11) is -3.88. The van der Waals surface area contributed by atoms with E-state index in [1.165, 1.54) is 23.9 Å². The van der Waals surface area contributed by atoms with E-state index in [4.69, 9.17) is 9.47 Å². The Morgan fingerprint density at radius 3 is 2.57 bits per heavy atom. The molecule has 1 heterocycles. The van der Waals surface area contributed by atoms with Gasteiger partial charge < -0.3 is 14.4 Å². The number of benzene rings is 2. The number of rotatable bonds is 7. The first-order valence-corrected chi connectivity index (χ1v) is 12.4. The second kappa shape index (κ2) is 9.72. The van der Waals surface area contributed by atoms with Crippen molar-refractivity contribution in [3.05, 3.63) is 48.0 Å². The molecule has 1 fully saturated rings. The highest BCUT2D eigenvalue weighted by molar-refractivity contribution is 7.98. The number of nitrogens with one attached hydrogen (secondary N) is 1. The van der Waals surface area contributed by atoms with Gasteiger partial charge in [0.05, 0.1) is 35.5 Å². The van der Waals surface area contributed by atoms with E-state index in [1.807, 2.05) is 20.1 Å². The molecule has 1 amide bonds. The summed E-state index contributed by atoms with van der Waals surface area (Å²) in [6, 6.07) is 11.4. The Hall–Kier alpha value is -2.23. The number of anilines is 1. The molecule has 9 heteroatoms. The Balaban J connectivity index is 1.88. The van der Waals surface area contributed by atoms with E-state index in [-0.39, 0.29) is 16.9 Å². The zero-order valence-electron chi connectivity index (χ0n) is 17.3. The van der Waals surface area contributed by atoms with Crippen LogP contribution in [0.15, 0.2) is 52.3 Å². The lowest BCUT2D eigenvalue weighted by Gasteiger charge is -2.27. The van der Waals surface area contributed by atoms with Crippen molar-refractivity contribution in [3.63, 3.8) is 0 Å². The van der Waals surface area contributed by atoms with E-state index >= 15 is 0 Å². The summed E-state index contributed by atoms with van der Waals surface area (Å²) in [5.41, 5.74) is 0.771. The molecule has 0 spiro atoms. The number of carbonyl (C=O) groups is 1. The predicted octanol–water partition coefficient (Wildman–Crippen LogP) is 3.47. The van der Waals surface area contributed by atoms with E-state index in [0.717, 1.165) is 4.90 Å². The highest BCUT2D eigenvalue weighted by atomic mass is 32.2. The summed E-state index contributed by atoms with van der Waals surface area (Å²) in [4.78, 5) is 15.4. The molecule has 0 unspecified atom stereocenters. The topological polar surface area (TPSA) is 84.9 Å². The van der Waals surface area contributed by atoms with Crippen molar-refractivity contribution < 1.29 is 22.7 Å². The van der Waals surface area contributed by atoms with Gasteiger partial charge in [0.2, 0.25) is 0 Å². The van der Waals surface area contributed by atoms with Crippen LogP contribution < -0.4 is 9.46 Å². The summed E-state index contributed by atoms with van der Waals surface area (Å²) in [6.07, 6.45) is 1.84. The fourth-order valence-electron chi connectivity index (χ4n) is 3.08. The maximum Gasteiger partial charge on any atom is 0.261 e. The Bertz CT molecular complexity index is 1000. The second-order valence-electron chi connectivity index (χ2n) is 7.07. The van der Waals surface area contributed by atoms with Gasteiger partial charge in [-0.15, -0.1) is 11.8 Å². The number of thioether (sulfide) groups is 1. The van der Waals surface area contributed by atoms with Gasteiger partial charge in [-0.05, 0) is 50.4 Å². The molecule has 2 aromatic carbocycles. The predicted molar refractivity (Wildman–Crippen MR) is 118 cm³/mol. The van der Waals surface area contributed by atoms with Gasteiger partial charge in [0.1, 0.15) is 5.75 Å². The molecule has 0 aromatic heterocycles. The third kappa shape index (κ3) is 5.47. The van der Waals surface area contributed by atoms with Gasteiger partial charge in [-0.2, -0.15) is 0 Å². The molecule has 3 rings (SSSR count). The molecule has 0 aliphatic carbocycles. The lowest BCUT2D eigenvalue weighted by atomic mass is 10.2. The fourth-order valence-corrected chi connectivity index (χ4v) is 4.72. The number of ether oxygens (including phenoxy) is 2. The van der Waals surface area contributed by atoms with Gasteiger partial charge in [-0.1, -0.05) is 6.07 Å². The summed E-state index contributed by atoms with van der Waals surface area (Å²) in [5.74, 6) is 0.387. The van der Waals surface area contributed by atoms with Crippen molar-refractivity contribution in [1.29, 1.82) is 0 Å². The number of carbonyl (C=O) groups excluding carboxylic acids is 1. The molecular weight excluding hydrogens is 424 g/mol. The molecule has 1 aliphatic heterocycles. The Kier molecular flexibility index (Phi) is 7.27. The van der Waals surface area contributed by atoms with Crippen molar-refractivity contribution in [3.8, 4) is 5.75 Å². The smallest absolute Gasteiger partial charge is 0.261 e. The quantitative estimate of drug-likeness (QED) is 0.650. The molecule has 162 valence electrons. The van der Waals surface area contributed by atoms with Crippen LogP contribution in [-0.2, 0) is 14.8 Å². The molecule has 1 N–H and O–H groups in total. The maximum absolute atomic E-state index is 13.0. The number of morpholine rings is 1. The van der Waals surface area contributed by atoms with Crippen LogP contribution in [0.4, 0.5) is 5.69 Å². The van der Waals surface area contributed by atoms with Crippen molar-refractivity contribution in [2.45, 2.75) is 29.7 Å². The first-order chi connectivity index (χ1) is 14.3. The van der Waals surface area contributed by atoms with Gasteiger partial charge in [0.25, 0.3) is 15.9 Å². The second-order valence-corrected chi connectivity index (χ2v) is 9.60. The molecule has 1 aliphatic rings. The average molecular weight is 451 g/mol. The molecule has 2 aromatic rings. The van der Waals surface area contributed by atoms with Crippen LogP contribution in [0.1, 0.15) is 24.2 Å². The van der Waals surface area contributed by atoms with Gasteiger partial charge in [0.15, 0.2) is 0 Å². The maximum atomic E-state index is 13.0. The van der Waals surface area contributed by atoms with Crippen molar-refractivity contribution in [1.82, 2.24) is 4.90 Å². The van der Waals surface area contributed by atoms with E-state index in [2.05, 4.69) is 4.72 Å². The normalized spacial score (nSPS) is 14.6. The number of amides is 1. The van der Waals surface area contributed by atoms with Crippen molar-refractivity contribution in [2.24, 2.45) is 0 Å². The lowest BCUT2D eigenvalue weighted by molar-refractivity contribution is 0.0300. The van der Waals surface area contributed by atoms with E-state index in [0.29, 0.717) is 43.3 Å². The molecule has 1 saturated heterocycles. The van der Waals surface area contributed by atoms with Crippen LogP contribution in [-0.4, -0.2) is 57.9 Å². The van der Waals surface area contributed by atoms with Crippen LogP contribution in [0.3, 0.4) is 0 Å². The van der Waals surface area contributed by atoms with Gasteiger partial charge >= 0.3 is 0 Å². The molecule has 0 saturated carbocycles. The minimum atomic E-state index is -3.88. The van der Waals surface area contributed by atoms with E-state index in [9.17, 15) is 13.2 Å². The molecule has 7 nitrogen and oxygen atoms in total. The highest BCUT2D eigenvalue weighted by Crippen LogP contribution is 2.27. The third-order valence-corrected chi connectivity index (χ3v) is 6.64. The molecule has 0 atom stereocenters. The minimum Gasteiger partial charge on any atom is -0.491 e. The lowest BCUT2D eigenvalue weighted by Crippen LogP contribution is -2.40. The summed E-state index contributed by atoms with van der Waals surface area (Å²) in [5, 5.41) is 0. The van der Waals surface area contributed by atoms with Gasteiger partial charge in [-0.25, -0.2) is 8.42 Å². The summed E-state index contributed by atoms with van der Waals surface area (Å²) >= 11 is 1.41. The average Bonchev–Trinajstić information content (AvgIpc) is 2.73. The molecule has 0 bridgehead atoms. The fraction of sp³-hybridized carbons (Fsp3) is 0.381. The largest absolute Gasteiger partial charge is 0.491 e. The van der Waals surface area contributed by atoms with Crippen LogP contribution >= 0.6 is 11.8 Å². The number of nitrogens with zero attached hydrogens (tertiary/aromatic N) is 1. The zero-order chi connectivity index (χ0) is 21.7. The number of hydrogen-bond acceptors (Lipinski definition) is 6. The first kappa shape index (κ1) is 22.5. The van der Waals surface area contributed by atoms with E-state index < -0.39 is 10.0 Å². The zero-order valence-corrected chi connectivity index (χ0v) is 18.9. The van der Waals surface area contributed by atoms with E-state index in [1.54, 1.807) is 35.2 Å². The van der Waals surface area contributed by atoms with Gasteiger partial charge in [0, 0.05) is 24.1 Å². The first-order valence-electron chi connectivity index (χ1n) is 9.65. The van der Waals surface area contributed by atoms with Crippen LogP contribution in [0.25, 0.3) is 0 Å². The van der Waals surface area contributed by atoms with Crippen molar-refractivity contribution in [2.75, 3.05) is 37.3 Å². The Labute approximate surface area is 181 Å².